The van der Waals surface area contributed by atoms with Crippen molar-refractivity contribution in [3.63, 3.8) is 0 Å². The van der Waals surface area contributed by atoms with Crippen LogP contribution in [0.4, 0.5) is 0 Å². The van der Waals surface area contributed by atoms with Crippen LogP contribution in [-0.2, 0) is 11.2 Å². The Hall–Kier alpha value is -1.39. The van der Waals surface area contributed by atoms with E-state index in [-0.39, 0.29) is 30.5 Å². The summed E-state index contributed by atoms with van der Waals surface area (Å²) in [5.74, 6) is 0.937. The van der Waals surface area contributed by atoms with Gasteiger partial charge in [-0.15, -0.1) is 0 Å². The van der Waals surface area contributed by atoms with Crippen LogP contribution in [0.25, 0.3) is 0 Å². The first-order valence-corrected chi connectivity index (χ1v) is 7.89. The van der Waals surface area contributed by atoms with E-state index in [1.165, 1.54) is 6.42 Å². The molecule has 0 heterocycles. The average molecular weight is 288 g/mol. The van der Waals surface area contributed by atoms with E-state index in [2.05, 4.69) is 5.32 Å². The highest BCUT2D eigenvalue weighted by molar-refractivity contribution is 5.80. The van der Waals surface area contributed by atoms with Gasteiger partial charge in [-0.05, 0) is 43.1 Å². The molecule has 2 fully saturated rings. The molecule has 5 unspecified atom stereocenters. The summed E-state index contributed by atoms with van der Waals surface area (Å²) in [6, 6.07) is 9.70. The van der Waals surface area contributed by atoms with Gasteiger partial charge < -0.3 is 16.2 Å². The maximum Gasteiger partial charge on any atom is 0.225 e. The molecule has 5 atom stereocenters. The van der Waals surface area contributed by atoms with Crippen molar-refractivity contribution in [2.75, 3.05) is 6.61 Å². The van der Waals surface area contributed by atoms with E-state index >= 15 is 0 Å². The summed E-state index contributed by atoms with van der Waals surface area (Å²) in [6.07, 6.45) is 4.04. The number of carbonyl (C=O) groups is 1. The Labute approximate surface area is 125 Å². The molecule has 2 aliphatic carbocycles. The zero-order valence-electron chi connectivity index (χ0n) is 12.2. The normalized spacial score (nSPS) is 32.1. The van der Waals surface area contributed by atoms with Gasteiger partial charge >= 0.3 is 0 Å². The molecule has 4 heteroatoms. The van der Waals surface area contributed by atoms with Crippen LogP contribution in [-0.4, -0.2) is 29.7 Å². The second-order valence-corrected chi connectivity index (χ2v) is 6.51. The minimum atomic E-state index is -0.230. The number of nitrogens with two attached hydrogens (primary N) is 1. The van der Waals surface area contributed by atoms with Crippen LogP contribution >= 0.6 is 0 Å². The van der Waals surface area contributed by atoms with Gasteiger partial charge in [-0.25, -0.2) is 0 Å². The standard InChI is InChI=1S/C17H24N2O2/c18-16-13-7-6-12(9-13)15(16)17(21)19-14(10-20)8-11-4-2-1-3-5-11/h1-5,12-16,20H,6-10,18H2,(H,19,21). The number of carbonyl (C=O) groups excluding carboxylic acids is 1. The van der Waals surface area contributed by atoms with E-state index in [1.807, 2.05) is 30.3 Å². The van der Waals surface area contributed by atoms with E-state index in [0.29, 0.717) is 18.3 Å². The third-order valence-electron chi connectivity index (χ3n) is 5.18. The molecular weight excluding hydrogens is 264 g/mol. The third-order valence-corrected chi connectivity index (χ3v) is 5.18. The van der Waals surface area contributed by atoms with E-state index in [9.17, 15) is 9.90 Å². The van der Waals surface area contributed by atoms with Crippen LogP contribution < -0.4 is 11.1 Å². The number of fused-ring (bicyclic) bond motifs is 2. The third kappa shape index (κ3) is 2.97. The van der Waals surface area contributed by atoms with Crippen LogP contribution in [0.3, 0.4) is 0 Å². The van der Waals surface area contributed by atoms with E-state index in [4.69, 9.17) is 5.73 Å². The fourth-order valence-electron chi connectivity index (χ4n) is 4.08. The lowest BCUT2D eigenvalue weighted by Gasteiger charge is -2.28. The lowest BCUT2D eigenvalue weighted by molar-refractivity contribution is -0.128. The molecule has 21 heavy (non-hydrogen) atoms. The highest BCUT2D eigenvalue weighted by Gasteiger charge is 2.49. The number of aliphatic hydroxyl groups excluding tert-OH is 1. The molecule has 0 aliphatic heterocycles. The monoisotopic (exact) mass is 288 g/mol. The Kier molecular flexibility index (Phi) is 4.27. The predicted molar refractivity (Wildman–Crippen MR) is 81.5 cm³/mol. The minimum absolute atomic E-state index is 0.000168. The molecule has 1 aromatic rings. The molecule has 4 N–H and O–H groups in total. The van der Waals surface area contributed by atoms with Crippen molar-refractivity contribution < 1.29 is 9.90 Å². The average Bonchev–Trinajstić information content (AvgIpc) is 3.08. The van der Waals surface area contributed by atoms with Crippen molar-refractivity contribution >= 4 is 5.91 Å². The second kappa shape index (κ2) is 6.16. The first-order valence-electron chi connectivity index (χ1n) is 7.89. The first kappa shape index (κ1) is 14.5. The summed E-state index contributed by atoms with van der Waals surface area (Å²) in [4.78, 5) is 12.5. The van der Waals surface area contributed by atoms with Crippen LogP contribution in [0.2, 0.25) is 0 Å². The van der Waals surface area contributed by atoms with Gasteiger partial charge in [0.1, 0.15) is 0 Å². The van der Waals surface area contributed by atoms with Gasteiger partial charge in [-0.3, -0.25) is 4.79 Å². The van der Waals surface area contributed by atoms with E-state index in [1.54, 1.807) is 0 Å². The van der Waals surface area contributed by atoms with Crippen LogP contribution in [0, 0.1) is 17.8 Å². The zero-order chi connectivity index (χ0) is 14.8. The lowest BCUT2D eigenvalue weighted by Crippen LogP contribution is -2.49. The molecule has 0 aromatic heterocycles. The Morgan fingerprint density at radius 1 is 1.29 bits per heavy atom. The van der Waals surface area contributed by atoms with Crippen molar-refractivity contribution in [3.8, 4) is 0 Å². The smallest absolute Gasteiger partial charge is 0.225 e. The summed E-state index contributed by atoms with van der Waals surface area (Å²) >= 11 is 0. The quantitative estimate of drug-likeness (QED) is 0.759. The van der Waals surface area contributed by atoms with Gasteiger partial charge in [0.15, 0.2) is 0 Å². The van der Waals surface area contributed by atoms with Gasteiger partial charge in [0, 0.05) is 6.04 Å². The molecule has 114 valence electrons. The predicted octanol–water partition coefficient (Wildman–Crippen LogP) is 1.08. The van der Waals surface area contributed by atoms with Crippen molar-refractivity contribution in [2.24, 2.45) is 23.5 Å². The fourth-order valence-corrected chi connectivity index (χ4v) is 4.08. The van der Waals surface area contributed by atoms with Gasteiger partial charge in [-0.1, -0.05) is 30.3 Å². The molecule has 3 rings (SSSR count). The van der Waals surface area contributed by atoms with E-state index < -0.39 is 0 Å². The van der Waals surface area contributed by atoms with Gasteiger partial charge in [0.25, 0.3) is 0 Å². The number of benzene rings is 1. The lowest BCUT2D eigenvalue weighted by atomic mass is 9.84. The number of aliphatic hydroxyl groups is 1. The number of hydrogen-bond donors (Lipinski definition) is 3. The Morgan fingerprint density at radius 3 is 2.62 bits per heavy atom. The zero-order valence-corrected chi connectivity index (χ0v) is 12.2. The summed E-state index contributed by atoms with van der Waals surface area (Å²) in [5, 5.41) is 12.5. The van der Waals surface area contributed by atoms with Crippen molar-refractivity contribution in [2.45, 2.75) is 37.8 Å². The van der Waals surface area contributed by atoms with Crippen LogP contribution in [0.15, 0.2) is 30.3 Å². The SMILES string of the molecule is NC1C2CCC(C2)C1C(=O)NC(CO)Cc1ccccc1. The molecule has 1 aromatic carbocycles. The van der Waals surface area contributed by atoms with Crippen molar-refractivity contribution in [1.82, 2.24) is 5.32 Å². The number of hydrogen-bond acceptors (Lipinski definition) is 3. The van der Waals surface area contributed by atoms with Crippen molar-refractivity contribution in [3.05, 3.63) is 35.9 Å². The van der Waals surface area contributed by atoms with Gasteiger partial charge in [0.05, 0.1) is 18.6 Å². The summed E-state index contributed by atoms with van der Waals surface area (Å²) in [7, 11) is 0. The topological polar surface area (TPSA) is 75.4 Å². The molecule has 2 bridgehead atoms. The first-order chi connectivity index (χ1) is 10.2. The summed E-state index contributed by atoms with van der Waals surface area (Å²) < 4.78 is 0. The second-order valence-electron chi connectivity index (χ2n) is 6.51. The Balaban J connectivity index is 1.60. The molecule has 4 nitrogen and oxygen atoms in total. The highest BCUT2D eigenvalue weighted by Crippen LogP contribution is 2.47. The molecule has 0 radical (unpaired) electrons. The summed E-state index contributed by atoms with van der Waals surface area (Å²) in [6.45, 7) is -0.0450. The highest BCUT2D eigenvalue weighted by atomic mass is 16.3. The number of rotatable bonds is 5. The van der Waals surface area contributed by atoms with Crippen LogP contribution in [0.1, 0.15) is 24.8 Å². The molecule has 2 aliphatic rings. The maximum atomic E-state index is 12.5. The number of amides is 1. The van der Waals surface area contributed by atoms with Gasteiger partial charge in [0.2, 0.25) is 5.91 Å². The maximum absolute atomic E-state index is 12.5. The molecule has 1 amide bonds. The number of nitrogens with one attached hydrogen (secondary N) is 1. The fraction of sp³-hybridized carbons (Fsp3) is 0.588. The van der Waals surface area contributed by atoms with Gasteiger partial charge in [-0.2, -0.15) is 0 Å². The Morgan fingerprint density at radius 2 is 2.00 bits per heavy atom. The van der Waals surface area contributed by atoms with Crippen LogP contribution in [0.5, 0.6) is 0 Å². The molecule has 2 saturated carbocycles. The molecule has 0 spiro atoms. The Bertz CT molecular complexity index is 489. The minimum Gasteiger partial charge on any atom is -0.394 e. The molecule has 0 saturated heterocycles. The van der Waals surface area contributed by atoms with E-state index in [0.717, 1.165) is 18.4 Å². The summed E-state index contributed by atoms with van der Waals surface area (Å²) in [5.41, 5.74) is 7.33. The largest absolute Gasteiger partial charge is 0.394 e. The van der Waals surface area contributed by atoms with Crippen molar-refractivity contribution in [1.29, 1.82) is 0 Å². The molecular formula is C17H24N2O2.